The van der Waals surface area contributed by atoms with Gasteiger partial charge in [0.1, 0.15) is 19.4 Å². The van der Waals surface area contributed by atoms with Crippen molar-refractivity contribution >= 4 is 14.2 Å². The fraction of sp³-hybridized carbons (Fsp3) is 0.850. The lowest BCUT2D eigenvalue weighted by Gasteiger charge is -2.35. The number of amides is 1. The van der Waals surface area contributed by atoms with Crippen molar-refractivity contribution in [1.29, 1.82) is 0 Å². The fourth-order valence-electron chi connectivity index (χ4n) is 2.49. The van der Waals surface area contributed by atoms with E-state index in [1.807, 2.05) is 34.6 Å². The number of hydrogen-bond acceptors (Lipinski definition) is 3. The van der Waals surface area contributed by atoms with Crippen molar-refractivity contribution in [3.05, 3.63) is 0 Å². The van der Waals surface area contributed by atoms with E-state index in [9.17, 15) is 4.79 Å². The molecule has 0 aliphatic carbocycles. The maximum absolute atomic E-state index is 12.6. The topological polar surface area (TPSA) is 38.8 Å². The molecule has 1 rings (SSSR count). The Morgan fingerprint density at radius 2 is 1.80 bits per heavy atom. The lowest BCUT2D eigenvalue weighted by molar-refractivity contribution is -0.0626. The van der Waals surface area contributed by atoms with E-state index < -0.39 is 19.4 Å². The van der Waals surface area contributed by atoms with Crippen LogP contribution in [-0.2, 0) is 9.47 Å². The van der Waals surface area contributed by atoms with Crippen LogP contribution in [-0.4, -0.2) is 43.0 Å². The predicted octanol–water partition coefficient (Wildman–Crippen LogP) is 5.19. The second kappa shape index (κ2) is 7.32. The predicted molar refractivity (Wildman–Crippen MR) is 106 cm³/mol. The number of ether oxygens (including phenoxy) is 2. The highest BCUT2D eigenvalue weighted by Crippen LogP contribution is 2.35. The fourth-order valence-corrected chi connectivity index (χ4v) is 3.43. The van der Waals surface area contributed by atoms with Crippen LogP contribution in [0.1, 0.15) is 68.2 Å². The summed E-state index contributed by atoms with van der Waals surface area (Å²) in [6.07, 6.45) is 1.28. The zero-order valence-corrected chi connectivity index (χ0v) is 18.9. The molecule has 0 aromatic rings. The Kier molecular flexibility index (Phi) is 6.46. The minimum absolute atomic E-state index is 0.0126. The summed E-state index contributed by atoms with van der Waals surface area (Å²) in [6.45, 7) is 21.5. The van der Waals surface area contributed by atoms with E-state index >= 15 is 0 Å². The Bertz CT molecular complexity index is 544. The Hall–Kier alpha value is -0.993. The molecule has 144 valence electrons. The van der Waals surface area contributed by atoms with Gasteiger partial charge in [0.2, 0.25) is 0 Å². The molecule has 0 unspecified atom stereocenters. The van der Waals surface area contributed by atoms with Gasteiger partial charge in [-0.2, -0.15) is 0 Å². The van der Waals surface area contributed by atoms with E-state index in [4.69, 9.17) is 9.47 Å². The molecule has 0 radical (unpaired) electrons. The van der Waals surface area contributed by atoms with E-state index in [1.165, 1.54) is 0 Å². The zero-order valence-electron chi connectivity index (χ0n) is 17.9. The van der Waals surface area contributed by atoms with Crippen molar-refractivity contribution in [2.24, 2.45) is 0 Å². The summed E-state index contributed by atoms with van der Waals surface area (Å²) in [7, 11) is -1.58. The van der Waals surface area contributed by atoms with Gasteiger partial charge >= 0.3 is 6.09 Å². The number of carbonyl (C=O) groups excluding carboxylic acids is 1. The maximum atomic E-state index is 12.6. The van der Waals surface area contributed by atoms with Crippen molar-refractivity contribution in [2.75, 3.05) is 6.61 Å². The Morgan fingerprint density at radius 1 is 1.24 bits per heavy atom. The lowest BCUT2D eigenvalue weighted by atomic mass is 10.1. The van der Waals surface area contributed by atoms with Crippen molar-refractivity contribution in [3.8, 4) is 11.5 Å². The molecular formula is C20H37NO3Si. The maximum Gasteiger partial charge on any atom is 0.412 e. The molecule has 1 aliphatic heterocycles. The van der Waals surface area contributed by atoms with Gasteiger partial charge in [0.15, 0.2) is 0 Å². The van der Waals surface area contributed by atoms with Gasteiger partial charge < -0.3 is 9.47 Å². The molecule has 1 saturated heterocycles. The highest BCUT2D eigenvalue weighted by atomic mass is 28.3. The van der Waals surface area contributed by atoms with Crippen LogP contribution < -0.4 is 0 Å². The molecule has 5 heteroatoms. The Balaban J connectivity index is 2.77. The van der Waals surface area contributed by atoms with Crippen LogP contribution in [0, 0.1) is 11.5 Å². The highest BCUT2D eigenvalue weighted by Gasteiger charge is 2.45. The summed E-state index contributed by atoms with van der Waals surface area (Å²) in [6, 6.07) is 0.0126. The van der Waals surface area contributed by atoms with Gasteiger partial charge in [0, 0.05) is 6.42 Å². The van der Waals surface area contributed by atoms with Gasteiger partial charge in [-0.25, -0.2) is 4.79 Å². The van der Waals surface area contributed by atoms with Crippen LogP contribution in [0.3, 0.4) is 0 Å². The average Bonchev–Trinajstić information content (AvgIpc) is 2.66. The van der Waals surface area contributed by atoms with Gasteiger partial charge in [-0.1, -0.05) is 33.9 Å². The quantitative estimate of drug-likeness (QED) is 0.498. The molecule has 0 N–H and O–H groups in total. The Morgan fingerprint density at radius 3 is 2.28 bits per heavy atom. The van der Waals surface area contributed by atoms with E-state index in [-0.39, 0.29) is 17.2 Å². The number of rotatable bonds is 2. The molecule has 1 heterocycles. The van der Waals surface area contributed by atoms with Gasteiger partial charge in [-0.05, 0) is 46.1 Å². The third-order valence-corrected chi connectivity index (χ3v) is 9.59. The molecule has 4 nitrogen and oxygen atoms in total. The number of nitrogens with zero attached hydrogens (tertiary/aromatic N) is 1. The summed E-state index contributed by atoms with van der Waals surface area (Å²) < 4.78 is 11.4. The number of hydrogen-bond donors (Lipinski definition) is 0. The molecule has 1 atom stereocenters. The second-order valence-corrected chi connectivity index (χ2v) is 15.0. The van der Waals surface area contributed by atoms with Crippen LogP contribution >= 0.6 is 0 Å². The molecule has 1 amide bonds. The Labute approximate surface area is 155 Å². The zero-order chi connectivity index (χ0) is 19.7. The summed E-state index contributed by atoms with van der Waals surface area (Å²) >= 11 is 0. The van der Waals surface area contributed by atoms with Gasteiger partial charge in [0.25, 0.3) is 0 Å². The molecule has 1 aliphatic rings. The van der Waals surface area contributed by atoms with Crippen molar-refractivity contribution in [2.45, 2.75) is 104 Å². The summed E-state index contributed by atoms with van der Waals surface area (Å²) in [5, 5.41) is 0.265. The summed E-state index contributed by atoms with van der Waals surface area (Å²) in [4.78, 5) is 14.3. The van der Waals surface area contributed by atoms with Crippen LogP contribution in [0.2, 0.25) is 18.1 Å². The SMILES string of the molecule is CC(C)(C)OC(=O)N1[C@@H](CCC#C[Si](C)(C)C(C)(C)C)COC1(C)C. The first kappa shape index (κ1) is 22.0. The smallest absolute Gasteiger partial charge is 0.412 e. The molecular weight excluding hydrogens is 330 g/mol. The van der Waals surface area contributed by atoms with Crippen LogP contribution in [0.4, 0.5) is 4.79 Å². The van der Waals surface area contributed by atoms with E-state index in [0.717, 1.165) is 12.8 Å². The van der Waals surface area contributed by atoms with Crippen LogP contribution in [0.5, 0.6) is 0 Å². The standard InChI is InChI=1S/C20H37NO3Si/c1-18(2,3)24-17(22)21-16(15-23-20(21,7)8)13-11-12-14-25(9,10)19(4,5)6/h16H,11,13,15H2,1-10H3/t16-/m0/s1. The third kappa shape index (κ3) is 6.04. The largest absolute Gasteiger partial charge is 0.444 e. The molecule has 1 fully saturated rings. The van der Waals surface area contributed by atoms with Gasteiger partial charge in [-0.3, -0.25) is 4.90 Å². The lowest BCUT2D eigenvalue weighted by Crippen LogP contribution is -2.49. The minimum atomic E-state index is -1.58. The van der Waals surface area contributed by atoms with Gasteiger partial charge in [0.05, 0.1) is 12.6 Å². The molecule has 0 bridgehead atoms. The molecule has 0 spiro atoms. The highest BCUT2D eigenvalue weighted by molar-refractivity contribution is 6.87. The molecule has 0 aromatic heterocycles. The van der Waals surface area contributed by atoms with Crippen molar-refractivity contribution < 1.29 is 14.3 Å². The summed E-state index contributed by atoms with van der Waals surface area (Å²) in [5.74, 6) is 3.37. The van der Waals surface area contributed by atoms with Crippen molar-refractivity contribution in [1.82, 2.24) is 4.90 Å². The first-order valence-electron chi connectivity index (χ1n) is 9.23. The first-order chi connectivity index (χ1) is 11.1. The van der Waals surface area contributed by atoms with E-state index in [2.05, 4.69) is 45.3 Å². The average molecular weight is 368 g/mol. The number of carbonyl (C=O) groups is 1. The normalized spacial score (nSPS) is 20.9. The van der Waals surface area contributed by atoms with E-state index in [0.29, 0.717) is 6.61 Å². The minimum Gasteiger partial charge on any atom is -0.444 e. The molecule has 25 heavy (non-hydrogen) atoms. The first-order valence-corrected chi connectivity index (χ1v) is 12.2. The second-order valence-electron chi connectivity index (χ2n) is 9.98. The van der Waals surface area contributed by atoms with Crippen LogP contribution in [0.25, 0.3) is 0 Å². The monoisotopic (exact) mass is 367 g/mol. The molecule has 0 saturated carbocycles. The van der Waals surface area contributed by atoms with Crippen LogP contribution in [0.15, 0.2) is 0 Å². The van der Waals surface area contributed by atoms with Crippen molar-refractivity contribution in [3.63, 3.8) is 0 Å². The summed E-state index contributed by atoms with van der Waals surface area (Å²) in [5.41, 5.74) is 2.39. The van der Waals surface area contributed by atoms with Gasteiger partial charge in [-0.15, -0.1) is 11.5 Å². The van der Waals surface area contributed by atoms with E-state index in [1.54, 1.807) is 4.90 Å². The third-order valence-electron chi connectivity index (χ3n) is 5.04. The molecule has 0 aromatic carbocycles.